The van der Waals surface area contributed by atoms with Gasteiger partial charge in [-0.3, -0.25) is 4.99 Å². The second kappa shape index (κ2) is 4.28. The van der Waals surface area contributed by atoms with E-state index in [9.17, 15) is 0 Å². The first-order valence-electron chi connectivity index (χ1n) is 3.95. The van der Waals surface area contributed by atoms with Crippen LogP contribution in [0.4, 0.5) is 0 Å². The Morgan fingerprint density at radius 3 is 3.10 bits per heavy atom. The highest BCUT2D eigenvalue weighted by atomic mass is 15.4. The lowest BCUT2D eigenvalue weighted by Crippen LogP contribution is -2.26. The summed E-state index contributed by atoms with van der Waals surface area (Å²) in [4.78, 5) is 4.36. The van der Waals surface area contributed by atoms with Crippen molar-refractivity contribution in [1.82, 2.24) is 10.9 Å². The number of unbranched alkanes of at least 4 members (excludes halogenated alkanes) is 1. The van der Waals surface area contributed by atoms with Crippen LogP contribution in [0.1, 0.15) is 26.2 Å². The SMILES string of the molecule is CCCCN=C1CCNN1. The molecule has 0 aromatic rings. The molecule has 3 heteroatoms. The first kappa shape index (κ1) is 7.54. The van der Waals surface area contributed by atoms with Gasteiger partial charge in [-0.1, -0.05) is 13.3 Å². The van der Waals surface area contributed by atoms with Crippen molar-refractivity contribution in [2.75, 3.05) is 13.1 Å². The van der Waals surface area contributed by atoms with Crippen LogP contribution >= 0.6 is 0 Å². The molecule has 10 heavy (non-hydrogen) atoms. The minimum absolute atomic E-state index is 0.973. The molecule has 1 fully saturated rings. The maximum absolute atomic E-state index is 4.36. The summed E-state index contributed by atoms with van der Waals surface area (Å²) < 4.78 is 0. The van der Waals surface area contributed by atoms with E-state index in [-0.39, 0.29) is 0 Å². The summed E-state index contributed by atoms with van der Waals surface area (Å²) in [5.74, 6) is 1.12. The molecule has 0 bridgehead atoms. The number of rotatable bonds is 3. The predicted molar refractivity (Wildman–Crippen MR) is 43.0 cm³/mol. The molecule has 0 aromatic carbocycles. The molecule has 58 valence electrons. The molecule has 2 N–H and O–H groups in total. The lowest BCUT2D eigenvalue weighted by molar-refractivity contribution is 0.739. The van der Waals surface area contributed by atoms with E-state index in [2.05, 4.69) is 22.8 Å². The number of hydrogen-bond donors (Lipinski definition) is 2. The Hall–Kier alpha value is -0.570. The monoisotopic (exact) mass is 141 g/mol. The van der Waals surface area contributed by atoms with Crippen LogP contribution in [0.15, 0.2) is 4.99 Å². The van der Waals surface area contributed by atoms with Crippen LogP contribution in [0, 0.1) is 0 Å². The molecule has 0 unspecified atom stereocenters. The van der Waals surface area contributed by atoms with Gasteiger partial charge in [-0.2, -0.15) is 0 Å². The minimum atomic E-state index is 0.973. The van der Waals surface area contributed by atoms with Gasteiger partial charge in [0.2, 0.25) is 0 Å². The van der Waals surface area contributed by atoms with Crippen molar-refractivity contribution in [1.29, 1.82) is 0 Å². The van der Waals surface area contributed by atoms with Crippen molar-refractivity contribution in [3.63, 3.8) is 0 Å². The molecule has 0 aromatic heterocycles. The van der Waals surface area contributed by atoms with Crippen LogP contribution in [0.25, 0.3) is 0 Å². The quantitative estimate of drug-likeness (QED) is 0.567. The zero-order valence-corrected chi connectivity index (χ0v) is 6.48. The van der Waals surface area contributed by atoms with Crippen molar-refractivity contribution in [2.24, 2.45) is 4.99 Å². The maximum Gasteiger partial charge on any atom is 0.112 e. The van der Waals surface area contributed by atoms with Crippen molar-refractivity contribution in [3.05, 3.63) is 0 Å². The third-order valence-corrected chi connectivity index (χ3v) is 1.53. The molecular weight excluding hydrogens is 126 g/mol. The summed E-state index contributed by atoms with van der Waals surface area (Å²) in [5.41, 5.74) is 6.03. The summed E-state index contributed by atoms with van der Waals surface area (Å²) in [7, 11) is 0. The summed E-state index contributed by atoms with van der Waals surface area (Å²) in [5, 5.41) is 0. The fraction of sp³-hybridized carbons (Fsp3) is 0.857. The molecule has 0 aliphatic carbocycles. The fourth-order valence-corrected chi connectivity index (χ4v) is 0.899. The van der Waals surface area contributed by atoms with E-state index in [1.165, 1.54) is 12.8 Å². The molecule has 1 aliphatic rings. The Kier molecular flexibility index (Phi) is 3.22. The Morgan fingerprint density at radius 2 is 2.50 bits per heavy atom. The largest absolute Gasteiger partial charge is 0.310 e. The zero-order chi connectivity index (χ0) is 7.23. The van der Waals surface area contributed by atoms with Gasteiger partial charge in [0, 0.05) is 19.5 Å². The smallest absolute Gasteiger partial charge is 0.112 e. The normalized spacial score (nSPS) is 21.5. The third kappa shape index (κ3) is 2.35. The van der Waals surface area contributed by atoms with Crippen LogP contribution in [-0.2, 0) is 0 Å². The van der Waals surface area contributed by atoms with Crippen molar-refractivity contribution in [3.8, 4) is 0 Å². The lowest BCUT2D eigenvalue weighted by Gasteiger charge is -1.95. The molecule has 1 aliphatic heterocycles. The van der Waals surface area contributed by atoms with Crippen LogP contribution in [0.5, 0.6) is 0 Å². The molecule has 0 spiro atoms. The van der Waals surface area contributed by atoms with Gasteiger partial charge in [0.1, 0.15) is 5.84 Å². The second-order valence-electron chi connectivity index (χ2n) is 2.48. The average Bonchev–Trinajstić information content (AvgIpc) is 2.41. The number of aliphatic imine (C=N–C) groups is 1. The average molecular weight is 141 g/mol. The number of hydrogen-bond acceptors (Lipinski definition) is 2. The first-order valence-corrected chi connectivity index (χ1v) is 3.95. The molecule has 1 rings (SSSR count). The lowest BCUT2D eigenvalue weighted by atomic mass is 10.3. The maximum atomic E-state index is 4.36. The van der Waals surface area contributed by atoms with Crippen LogP contribution in [0.3, 0.4) is 0 Å². The number of nitrogens with zero attached hydrogens (tertiary/aromatic N) is 1. The number of amidine groups is 1. The van der Waals surface area contributed by atoms with E-state index in [4.69, 9.17) is 0 Å². The van der Waals surface area contributed by atoms with Gasteiger partial charge in [0.15, 0.2) is 0 Å². The number of nitrogens with one attached hydrogen (secondary N) is 2. The molecule has 0 atom stereocenters. The third-order valence-electron chi connectivity index (χ3n) is 1.53. The topological polar surface area (TPSA) is 36.4 Å². The number of hydrazine groups is 1. The minimum Gasteiger partial charge on any atom is -0.310 e. The van der Waals surface area contributed by atoms with Crippen molar-refractivity contribution in [2.45, 2.75) is 26.2 Å². The Labute approximate surface area is 61.9 Å². The van der Waals surface area contributed by atoms with Gasteiger partial charge in [0.25, 0.3) is 0 Å². The van der Waals surface area contributed by atoms with Gasteiger partial charge < -0.3 is 5.43 Å². The molecule has 0 radical (unpaired) electrons. The van der Waals surface area contributed by atoms with E-state index in [1.807, 2.05) is 0 Å². The summed E-state index contributed by atoms with van der Waals surface area (Å²) in [6, 6.07) is 0. The molecule has 0 saturated carbocycles. The van der Waals surface area contributed by atoms with E-state index < -0.39 is 0 Å². The molecule has 1 saturated heterocycles. The highest BCUT2D eigenvalue weighted by molar-refractivity contribution is 5.83. The molecule has 1 heterocycles. The highest BCUT2D eigenvalue weighted by Gasteiger charge is 2.03. The Balaban J connectivity index is 2.12. The Morgan fingerprint density at radius 1 is 1.60 bits per heavy atom. The molecule has 0 amide bonds. The summed E-state index contributed by atoms with van der Waals surface area (Å²) >= 11 is 0. The van der Waals surface area contributed by atoms with Gasteiger partial charge in [-0.05, 0) is 6.42 Å². The van der Waals surface area contributed by atoms with Crippen LogP contribution < -0.4 is 10.9 Å². The van der Waals surface area contributed by atoms with Gasteiger partial charge in [-0.25, -0.2) is 5.43 Å². The van der Waals surface area contributed by atoms with Crippen molar-refractivity contribution < 1.29 is 0 Å². The summed E-state index contributed by atoms with van der Waals surface area (Å²) in [6.07, 6.45) is 3.49. The second-order valence-corrected chi connectivity index (χ2v) is 2.48. The standard InChI is InChI=1S/C7H15N3/c1-2-3-5-8-7-4-6-9-10-7/h9H,2-6H2,1H3,(H,8,10). The molecular formula is C7H15N3. The van der Waals surface area contributed by atoms with E-state index in [1.54, 1.807) is 0 Å². The molecule has 3 nitrogen and oxygen atoms in total. The van der Waals surface area contributed by atoms with Crippen LogP contribution in [-0.4, -0.2) is 18.9 Å². The van der Waals surface area contributed by atoms with Crippen LogP contribution in [0.2, 0.25) is 0 Å². The van der Waals surface area contributed by atoms with E-state index in [0.29, 0.717) is 0 Å². The van der Waals surface area contributed by atoms with E-state index >= 15 is 0 Å². The highest BCUT2D eigenvalue weighted by Crippen LogP contribution is 1.91. The van der Waals surface area contributed by atoms with Gasteiger partial charge >= 0.3 is 0 Å². The fourth-order valence-electron chi connectivity index (χ4n) is 0.899. The first-order chi connectivity index (χ1) is 4.93. The zero-order valence-electron chi connectivity index (χ0n) is 6.48. The summed E-state index contributed by atoms with van der Waals surface area (Å²) in [6.45, 7) is 4.17. The van der Waals surface area contributed by atoms with E-state index in [0.717, 1.165) is 25.3 Å². The predicted octanol–water partition coefficient (Wildman–Crippen LogP) is 0.683. The van der Waals surface area contributed by atoms with Crippen molar-refractivity contribution >= 4 is 5.84 Å². The Bertz CT molecular complexity index is 112. The van der Waals surface area contributed by atoms with Gasteiger partial charge in [-0.15, -0.1) is 0 Å². The van der Waals surface area contributed by atoms with Gasteiger partial charge in [0.05, 0.1) is 0 Å².